The van der Waals surface area contributed by atoms with Gasteiger partial charge >= 0.3 is 19.5 Å². The molecule has 0 fully saturated rings. The average Bonchev–Trinajstić information content (AvgIpc) is 2.32. The molecule has 18 heteroatoms. The van der Waals surface area contributed by atoms with Gasteiger partial charge in [-0.25, -0.2) is 55.9 Å². The molecular formula is C12H18Cl3N2O12Rh. The van der Waals surface area contributed by atoms with Crippen molar-refractivity contribution in [1.29, 1.82) is 10.5 Å². The van der Waals surface area contributed by atoms with Crippen LogP contribution in [0.5, 0.6) is 0 Å². The van der Waals surface area contributed by atoms with E-state index in [2.05, 4.69) is 24.3 Å². The average molecular weight is 592 g/mol. The second-order valence-corrected chi connectivity index (χ2v) is 5.95. The number of nitriles is 2. The molecule has 178 valence electrons. The molecule has 30 heavy (non-hydrogen) atoms. The molecule has 0 aromatic rings. The molecule has 0 bridgehead atoms. The van der Waals surface area contributed by atoms with Crippen LogP contribution in [0.25, 0.3) is 0 Å². The van der Waals surface area contributed by atoms with Crippen LogP contribution >= 0.6 is 0 Å². The number of halogens is 3. The van der Waals surface area contributed by atoms with Gasteiger partial charge in [0, 0.05) is 13.8 Å². The van der Waals surface area contributed by atoms with E-state index >= 15 is 0 Å². The van der Waals surface area contributed by atoms with Gasteiger partial charge in [-0.15, -0.1) is 30.7 Å². The fourth-order valence-electron chi connectivity index (χ4n) is 0.856. The first-order valence-corrected chi connectivity index (χ1v) is 10.3. The molecule has 0 unspecified atom stereocenters. The van der Waals surface area contributed by atoms with Gasteiger partial charge in [0.15, 0.2) is 0 Å². The Bertz CT molecular complexity index is 395. The molecule has 0 saturated heterocycles. The van der Waals surface area contributed by atoms with Crippen molar-refractivity contribution < 1.29 is 106 Å². The third-order valence-corrected chi connectivity index (χ3v) is 1.33. The van der Waals surface area contributed by atoms with E-state index in [4.69, 9.17) is 66.4 Å². The standard InChI is InChI=1S/C8H12.2C2H3N.3ClHO4.Rh/c1-2-4-6-8-7-5-3-1;2*1-2-3;3*2-1(3,4)5;/h1-2,7-8H,3-6H2;2*1H3;3*(H,2,3,4,5);/q;;;;;;+3/p-3/b2-1-,8-7?;;;;;;. The summed E-state index contributed by atoms with van der Waals surface area (Å²) in [5.41, 5.74) is 0. The van der Waals surface area contributed by atoms with E-state index in [0.29, 0.717) is 0 Å². The van der Waals surface area contributed by atoms with E-state index in [1.807, 2.05) is 0 Å². The Hall–Kier alpha value is -0.527. The third kappa shape index (κ3) is 345. The molecule has 0 aromatic heterocycles. The van der Waals surface area contributed by atoms with Gasteiger partial charge in [-0.3, -0.25) is 0 Å². The monoisotopic (exact) mass is 590 g/mol. The molecule has 0 atom stereocenters. The van der Waals surface area contributed by atoms with Gasteiger partial charge in [0.05, 0.1) is 12.1 Å². The molecule has 1 aliphatic rings. The second kappa shape index (κ2) is 28.5. The van der Waals surface area contributed by atoms with Crippen molar-refractivity contribution in [3.8, 4) is 12.1 Å². The maximum Gasteiger partial charge on any atom is 3.00 e. The molecule has 0 saturated carbocycles. The molecule has 0 heterocycles. The van der Waals surface area contributed by atoms with Crippen LogP contribution < -0.4 is 55.9 Å². The zero-order valence-corrected chi connectivity index (χ0v) is 19.3. The normalized spacial score (nSPS) is 12.9. The predicted octanol–water partition coefficient (Wildman–Crippen LogP) is -10.5. The van der Waals surface area contributed by atoms with Crippen LogP contribution in [0.1, 0.15) is 39.5 Å². The first-order valence-electron chi connectivity index (χ1n) is 6.60. The number of rotatable bonds is 0. The fraction of sp³-hybridized carbons (Fsp3) is 0.500. The second-order valence-electron chi connectivity index (χ2n) is 3.68. The first-order chi connectivity index (χ1) is 12.8. The molecule has 0 aromatic carbocycles. The molecular weight excluding hydrogens is 573 g/mol. The summed E-state index contributed by atoms with van der Waals surface area (Å²) < 4.78 is 102. The van der Waals surface area contributed by atoms with Gasteiger partial charge in [0.2, 0.25) is 0 Å². The van der Waals surface area contributed by atoms with Crippen molar-refractivity contribution in [1.82, 2.24) is 0 Å². The van der Waals surface area contributed by atoms with Gasteiger partial charge in [0.1, 0.15) is 0 Å². The van der Waals surface area contributed by atoms with E-state index in [0.717, 1.165) is 0 Å². The minimum absolute atomic E-state index is 0. The fourth-order valence-corrected chi connectivity index (χ4v) is 0.856. The van der Waals surface area contributed by atoms with Crippen LogP contribution in [0.2, 0.25) is 0 Å². The largest absolute Gasteiger partial charge is 3.00 e. The van der Waals surface area contributed by atoms with E-state index in [1.54, 1.807) is 12.1 Å². The van der Waals surface area contributed by atoms with Crippen molar-refractivity contribution in [2.24, 2.45) is 0 Å². The minimum atomic E-state index is -4.94. The SMILES string of the molecule is C1=CCC/C=C\CC1.CC#N.CC#N.[O-][Cl+3]([O-])([O-])[O-].[O-][Cl+3]([O-])([O-])[O-].[O-][Cl+3]([O-])([O-])[O-].[Rh+3]. The molecule has 14 nitrogen and oxygen atoms in total. The quantitative estimate of drug-likeness (QED) is 0.186. The maximum atomic E-state index is 8.49. The molecule has 0 spiro atoms. The van der Waals surface area contributed by atoms with Gasteiger partial charge in [0.25, 0.3) is 0 Å². The number of allylic oxidation sites excluding steroid dienone is 4. The van der Waals surface area contributed by atoms with Gasteiger partial charge < -0.3 is 0 Å². The Morgan fingerprint density at radius 3 is 0.633 bits per heavy atom. The summed E-state index contributed by atoms with van der Waals surface area (Å²) in [5, 5.41) is 14.6. The Kier molecular flexibility index (Phi) is 41.2. The van der Waals surface area contributed by atoms with Crippen LogP contribution in [-0.4, -0.2) is 0 Å². The molecule has 1 aliphatic carbocycles. The molecule has 0 amide bonds. The van der Waals surface area contributed by atoms with E-state index in [1.165, 1.54) is 39.5 Å². The van der Waals surface area contributed by atoms with Crippen LogP contribution in [0.15, 0.2) is 24.3 Å². The van der Waals surface area contributed by atoms with E-state index in [9.17, 15) is 0 Å². The van der Waals surface area contributed by atoms with Crippen LogP contribution in [0, 0.1) is 53.4 Å². The van der Waals surface area contributed by atoms with Crippen molar-refractivity contribution in [3.05, 3.63) is 24.3 Å². The number of hydrogen-bond acceptors (Lipinski definition) is 14. The summed E-state index contributed by atoms with van der Waals surface area (Å²) in [7, 11) is -14.8. The van der Waals surface area contributed by atoms with E-state index in [-0.39, 0.29) is 19.5 Å². The van der Waals surface area contributed by atoms with Crippen LogP contribution in [-0.2, 0) is 19.5 Å². The van der Waals surface area contributed by atoms with Gasteiger partial charge in [-0.1, -0.05) is 24.3 Å². The van der Waals surface area contributed by atoms with Crippen molar-refractivity contribution in [2.75, 3.05) is 0 Å². The van der Waals surface area contributed by atoms with Crippen molar-refractivity contribution in [3.63, 3.8) is 0 Å². The number of nitrogens with zero attached hydrogens (tertiary/aromatic N) is 2. The molecule has 0 N–H and O–H groups in total. The van der Waals surface area contributed by atoms with Crippen molar-refractivity contribution in [2.45, 2.75) is 39.5 Å². The first kappa shape index (κ1) is 43.4. The van der Waals surface area contributed by atoms with E-state index < -0.39 is 30.7 Å². The predicted molar refractivity (Wildman–Crippen MR) is 59.3 cm³/mol. The summed E-state index contributed by atoms with van der Waals surface area (Å²) in [4.78, 5) is 0. The Labute approximate surface area is 192 Å². The minimum Gasteiger partial charge on any atom is -0.222 e. The Balaban J connectivity index is -0.0000000595. The van der Waals surface area contributed by atoms with Gasteiger partial charge in [-0.05, 0) is 25.7 Å². The van der Waals surface area contributed by atoms with Crippen molar-refractivity contribution >= 4 is 0 Å². The molecule has 1 rings (SSSR count). The maximum absolute atomic E-state index is 8.49. The summed E-state index contributed by atoms with van der Waals surface area (Å²) >= 11 is 0. The Morgan fingerprint density at radius 1 is 0.500 bits per heavy atom. The summed E-state index contributed by atoms with van der Waals surface area (Å²) in [6.45, 7) is 2.86. The molecule has 0 radical (unpaired) electrons. The van der Waals surface area contributed by atoms with Gasteiger partial charge in [-0.2, -0.15) is 10.5 Å². The van der Waals surface area contributed by atoms with Crippen LogP contribution in [0.4, 0.5) is 0 Å². The number of hydrogen-bond donors (Lipinski definition) is 0. The third-order valence-electron chi connectivity index (χ3n) is 1.33. The molecule has 0 aliphatic heterocycles. The summed E-state index contributed by atoms with van der Waals surface area (Å²) in [5.74, 6) is 0. The summed E-state index contributed by atoms with van der Waals surface area (Å²) in [6, 6.07) is 3.50. The zero-order valence-electron chi connectivity index (χ0n) is 15.4. The topological polar surface area (TPSA) is 324 Å². The Morgan fingerprint density at radius 2 is 0.567 bits per heavy atom. The van der Waals surface area contributed by atoms with Crippen LogP contribution in [0.3, 0.4) is 0 Å². The summed E-state index contributed by atoms with van der Waals surface area (Å²) in [6.07, 6.45) is 14.0. The smallest absolute Gasteiger partial charge is 0.222 e. The zero-order chi connectivity index (χ0) is 24.6.